The van der Waals surface area contributed by atoms with Gasteiger partial charge in [-0.15, -0.1) is 12.4 Å². The molecule has 3 N–H and O–H groups in total. The molecular weight excluding hydrogens is 300 g/mol. The van der Waals surface area contributed by atoms with Crippen LogP contribution < -0.4 is 11.1 Å². The average molecular weight is 325 g/mol. The molecular formula is C17H25ClN2O2. The highest BCUT2D eigenvalue weighted by atomic mass is 35.5. The molecule has 2 unspecified atom stereocenters. The van der Waals surface area contributed by atoms with Crippen molar-refractivity contribution in [1.29, 1.82) is 0 Å². The molecule has 0 bridgehead atoms. The zero-order valence-electron chi connectivity index (χ0n) is 13.2. The van der Waals surface area contributed by atoms with E-state index in [1.807, 2.05) is 37.3 Å². The first-order valence-corrected chi connectivity index (χ1v) is 7.64. The van der Waals surface area contributed by atoms with Gasteiger partial charge in [0.15, 0.2) is 0 Å². The van der Waals surface area contributed by atoms with Crippen LogP contribution in [-0.4, -0.2) is 18.5 Å². The van der Waals surface area contributed by atoms with Gasteiger partial charge in [-0.1, -0.05) is 38.0 Å². The van der Waals surface area contributed by atoms with E-state index in [9.17, 15) is 4.79 Å². The van der Waals surface area contributed by atoms with E-state index < -0.39 is 0 Å². The van der Waals surface area contributed by atoms with Crippen LogP contribution in [0.25, 0.3) is 11.0 Å². The smallest absolute Gasteiger partial charge is 0.230 e. The summed E-state index contributed by atoms with van der Waals surface area (Å²) in [6.45, 7) is 4.46. The van der Waals surface area contributed by atoms with Crippen LogP contribution in [0, 0.1) is 0 Å². The topological polar surface area (TPSA) is 68.3 Å². The number of nitrogens with two attached hydrogens (primary N) is 1. The maximum Gasteiger partial charge on any atom is 0.230 e. The minimum atomic E-state index is -0.312. The second kappa shape index (κ2) is 8.81. The molecule has 22 heavy (non-hydrogen) atoms. The molecule has 0 radical (unpaired) electrons. The lowest BCUT2D eigenvalue weighted by atomic mass is 10.1. The fourth-order valence-corrected chi connectivity index (χ4v) is 2.37. The number of carbonyl (C=O) groups is 1. The second-order valence-corrected chi connectivity index (χ2v) is 5.49. The van der Waals surface area contributed by atoms with E-state index >= 15 is 0 Å². The van der Waals surface area contributed by atoms with Crippen LogP contribution in [0.2, 0.25) is 0 Å². The van der Waals surface area contributed by atoms with Gasteiger partial charge in [0.2, 0.25) is 5.91 Å². The number of nitrogens with one attached hydrogen (secondary N) is 1. The van der Waals surface area contributed by atoms with Crippen molar-refractivity contribution in [2.75, 3.05) is 6.54 Å². The molecule has 2 atom stereocenters. The van der Waals surface area contributed by atoms with Crippen molar-refractivity contribution in [3.8, 4) is 0 Å². The van der Waals surface area contributed by atoms with Gasteiger partial charge < -0.3 is 15.5 Å². The highest BCUT2D eigenvalue weighted by Gasteiger charge is 2.21. The Kier molecular flexibility index (Phi) is 7.42. The summed E-state index contributed by atoms with van der Waals surface area (Å²) in [7, 11) is 0. The molecule has 0 aliphatic carbocycles. The number of carbonyl (C=O) groups excluding carboxylic acids is 1. The summed E-state index contributed by atoms with van der Waals surface area (Å²) in [5, 5.41) is 4.04. The van der Waals surface area contributed by atoms with Crippen LogP contribution in [0.3, 0.4) is 0 Å². The molecule has 1 amide bonds. The van der Waals surface area contributed by atoms with Gasteiger partial charge in [0.1, 0.15) is 11.3 Å². The van der Waals surface area contributed by atoms with Crippen molar-refractivity contribution in [1.82, 2.24) is 5.32 Å². The Bertz CT molecular complexity index is 564. The zero-order chi connectivity index (χ0) is 15.2. The maximum atomic E-state index is 12.3. The van der Waals surface area contributed by atoms with Gasteiger partial charge in [-0.25, -0.2) is 0 Å². The molecule has 2 rings (SSSR count). The number of hydrogen-bond acceptors (Lipinski definition) is 3. The van der Waals surface area contributed by atoms with Crippen LogP contribution in [0.5, 0.6) is 0 Å². The lowest BCUT2D eigenvalue weighted by Crippen LogP contribution is -2.41. The third kappa shape index (κ3) is 4.49. The summed E-state index contributed by atoms with van der Waals surface area (Å²) in [6, 6.07) is 9.76. The van der Waals surface area contributed by atoms with Crippen LogP contribution in [-0.2, 0) is 4.79 Å². The van der Waals surface area contributed by atoms with Crippen LogP contribution in [0.1, 0.15) is 44.8 Å². The Balaban J connectivity index is 0.00000242. The van der Waals surface area contributed by atoms with Gasteiger partial charge in [0.05, 0.1) is 5.92 Å². The third-order valence-corrected chi connectivity index (χ3v) is 3.80. The largest absolute Gasteiger partial charge is 0.460 e. The zero-order valence-corrected chi connectivity index (χ0v) is 14.0. The van der Waals surface area contributed by atoms with Gasteiger partial charge >= 0.3 is 0 Å². The first kappa shape index (κ1) is 18.5. The minimum Gasteiger partial charge on any atom is -0.460 e. The van der Waals surface area contributed by atoms with Gasteiger partial charge in [0, 0.05) is 18.0 Å². The average Bonchev–Trinajstić information content (AvgIpc) is 2.94. The summed E-state index contributed by atoms with van der Waals surface area (Å²) in [6.07, 6.45) is 3.10. The number of unbranched alkanes of at least 4 members (excludes halogenated alkanes) is 1. The van der Waals surface area contributed by atoms with Crippen molar-refractivity contribution in [3.05, 3.63) is 36.1 Å². The van der Waals surface area contributed by atoms with Crippen LogP contribution >= 0.6 is 12.4 Å². The van der Waals surface area contributed by atoms with E-state index in [2.05, 4.69) is 12.2 Å². The summed E-state index contributed by atoms with van der Waals surface area (Å²) in [5.74, 6) is 0.355. The molecule has 0 aliphatic heterocycles. The van der Waals surface area contributed by atoms with E-state index in [4.69, 9.17) is 10.2 Å². The van der Waals surface area contributed by atoms with Crippen molar-refractivity contribution in [2.24, 2.45) is 5.73 Å². The fraction of sp³-hybridized carbons (Fsp3) is 0.471. The van der Waals surface area contributed by atoms with Gasteiger partial charge in [0.25, 0.3) is 0 Å². The molecule has 0 spiro atoms. The van der Waals surface area contributed by atoms with E-state index in [1.54, 1.807) is 0 Å². The standard InChI is InChI=1S/C17H24N2O2.ClH/c1-3-4-8-14(11-18)19-17(20)12(2)16-10-13-7-5-6-9-15(13)21-16;/h5-7,9-10,12,14H,3-4,8,11,18H2,1-2H3,(H,19,20);1H. The van der Waals surface area contributed by atoms with E-state index in [0.717, 1.165) is 30.2 Å². The van der Waals surface area contributed by atoms with Crippen molar-refractivity contribution >= 4 is 29.3 Å². The number of furan rings is 1. The molecule has 5 heteroatoms. The normalized spacial score (nSPS) is 13.4. The predicted molar refractivity (Wildman–Crippen MR) is 92.4 cm³/mol. The number of amides is 1. The molecule has 0 saturated carbocycles. The Morgan fingerprint density at radius 1 is 1.36 bits per heavy atom. The predicted octanol–water partition coefficient (Wildman–Crippen LogP) is 3.59. The van der Waals surface area contributed by atoms with Crippen molar-refractivity contribution in [3.63, 3.8) is 0 Å². The SMILES string of the molecule is CCCCC(CN)NC(=O)C(C)c1cc2ccccc2o1.Cl. The number of rotatable bonds is 7. The monoisotopic (exact) mass is 324 g/mol. The van der Waals surface area contributed by atoms with Crippen LogP contribution in [0.4, 0.5) is 0 Å². The summed E-state index contributed by atoms with van der Waals surface area (Å²) in [5.41, 5.74) is 6.54. The molecule has 1 heterocycles. The maximum absolute atomic E-state index is 12.3. The summed E-state index contributed by atoms with van der Waals surface area (Å²) in [4.78, 5) is 12.3. The Morgan fingerprint density at radius 2 is 2.09 bits per heavy atom. The lowest BCUT2D eigenvalue weighted by molar-refractivity contribution is -0.123. The fourth-order valence-electron chi connectivity index (χ4n) is 2.37. The second-order valence-electron chi connectivity index (χ2n) is 5.49. The third-order valence-electron chi connectivity index (χ3n) is 3.80. The summed E-state index contributed by atoms with van der Waals surface area (Å²) >= 11 is 0. The number of hydrogen-bond donors (Lipinski definition) is 2. The van der Waals surface area contributed by atoms with Crippen LogP contribution in [0.15, 0.2) is 34.7 Å². The Morgan fingerprint density at radius 3 is 2.73 bits per heavy atom. The van der Waals surface area contributed by atoms with E-state index in [0.29, 0.717) is 12.3 Å². The van der Waals surface area contributed by atoms with Gasteiger partial charge in [-0.2, -0.15) is 0 Å². The van der Waals surface area contributed by atoms with E-state index in [-0.39, 0.29) is 30.3 Å². The van der Waals surface area contributed by atoms with Crippen molar-refractivity contribution in [2.45, 2.75) is 45.1 Å². The molecule has 4 nitrogen and oxygen atoms in total. The molecule has 1 aromatic carbocycles. The molecule has 2 aromatic rings. The van der Waals surface area contributed by atoms with Gasteiger partial charge in [-0.05, 0) is 25.5 Å². The highest BCUT2D eigenvalue weighted by Crippen LogP contribution is 2.25. The van der Waals surface area contributed by atoms with Crippen molar-refractivity contribution < 1.29 is 9.21 Å². The molecule has 0 saturated heterocycles. The number of benzene rings is 1. The van der Waals surface area contributed by atoms with Gasteiger partial charge in [-0.3, -0.25) is 4.79 Å². The molecule has 0 fully saturated rings. The number of halogens is 1. The number of para-hydroxylation sites is 1. The molecule has 122 valence electrons. The minimum absolute atomic E-state index is 0. The molecule has 0 aliphatic rings. The Labute approximate surface area is 137 Å². The molecule has 1 aromatic heterocycles. The van der Waals surface area contributed by atoms with E-state index in [1.165, 1.54) is 0 Å². The first-order chi connectivity index (χ1) is 10.2. The quantitative estimate of drug-likeness (QED) is 0.817. The summed E-state index contributed by atoms with van der Waals surface area (Å²) < 4.78 is 5.76. The Hall–Kier alpha value is -1.52. The number of fused-ring (bicyclic) bond motifs is 1. The lowest BCUT2D eigenvalue weighted by Gasteiger charge is -2.18. The first-order valence-electron chi connectivity index (χ1n) is 7.64. The highest BCUT2D eigenvalue weighted by molar-refractivity contribution is 5.86.